The van der Waals surface area contributed by atoms with E-state index in [1.165, 1.54) is 11.8 Å². The molecule has 1 heterocycles. The van der Waals surface area contributed by atoms with E-state index >= 15 is 0 Å². The number of carboxylic acid groups (broad SMARTS) is 1. The molecule has 0 unspecified atom stereocenters. The van der Waals surface area contributed by atoms with Crippen molar-refractivity contribution in [2.45, 2.75) is 12.5 Å². The van der Waals surface area contributed by atoms with E-state index in [-0.39, 0.29) is 12.1 Å². The number of hydrogen-bond acceptors (Lipinski definition) is 5. The maximum Gasteiger partial charge on any atom is 0.326 e. The van der Waals surface area contributed by atoms with Crippen LogP contribution in [0.3, 0.4) is 0 Å². The minimum absolute atomic E-state index is 0.246. The SMILES string of the molecule is CSCC[C@@H](NC(=O)c1cc(=O)[nH]c(=O)[nH]1)C(=O)O. The molecule has 0 radical (unpaired) electrons. The van der Waals surface area contributed by atoms with Gasteiger partial charge in [0.1, 0.15) is 11.7 Å². The highest BCUT2D eigenvalue weighted by Gasteiger charge is 2.20. The predicted molar refractivity (Wildman–Crippen MR) is 69.6 cm³/mol. The normalized spacial score (nSPS) is 11.8. The zero-order valence-electron chi connectivity index (χ0n) is 10.1. The number of carbonyl (C=O) groups is 2. The lowest BCUT2D eigenvalue weighted by Gasteiger charge is -2.13. The molecule has 8 nitrogen and oxygen atoms in total. The number of rotatable bonds is 6. The average Bonchev–Trinajstić information content (AvgIpc) is 2.32. The van der Waals surface area contributed by atoms with Crippen molar-refractivity contribution in [3.05, 3.63) is 32.6 Å². The van der Waals surface area contributed by atoms with Gasteiger partial charge in [0.15, 0.2) is 0 Å². The minimum atomic E-state index is -1.17. The van der Waals surface area contributed by atoms with Crippen LogP contribution in [0.1, 0.15) is 16.9 Å². The Labute approximate surface area is 111 Å². The van der Waals surface area contributed by atoms with Gasteiger partial charge in [-0.25, -0.2) is 9.59 Å². The van der Waals surface area contributed by atoms with E-state index in [1.807, 2.05) is 11.2 Å². The Morgan fingerprint density at radius 3 is 2.63 bits per heavy atom. The molecule has 1 rings (SSSR count). The summed E-state index contributed by atoms with van der Waals surface area (Å²) in [4.78, 5) is 48.7. The summed E-state index contributed by atoms with van der Waals surface area (Å²) in [7, 11) is 0. The molecule has 9 heteroatoms. The molecule has 1 aromatic rings. The van der Waals surface area contributed by atoms with Crippen LogP contribution >= 0.6 is 11.8 Å². The summed E-state index contributed by atoms with van der Waals surface area (Å²) in [5.74, 6) is -1.42. The van der Waals surface area contributed by atoms with Gasteiger partial charge in [0.05, 0.1) is 0 Å². The number of hydrogen-bond donors (Lipinski definition) is 4. The highest BCUT2D eigenvalue weighted by atomic mass is 32.2. The fourth-order valence-electron chi connectivity index (χ4n) is 1.32. The number of carbonyl (C=O) groups excluding carboxylic acids is 1. The van der Waals surface area contributed by atoms with Crippen molar-refractivity contribution in [2.24, 2.45) is 0 Å². The third-order valence-corrected chi connectivity index (χ3v) is 2.86. The predicted octanol–water partition coefficient (Wildman–Crippen LogP) is -1.00. The van der Waals surface area contributed by atoms with Crippen LogP contribution in [0, 0.1) is 0 Å². The van der Waals surface area contributed by atoms with E-state index in [0.29, 0.717) is 5.75 Å². The lowest BCUT2D eigenvalue weighted by Crippen LogP contribution is -2.42. The second-order valence-electron chi connectivity index (χ2n) is 3.65. The summed E-state index contributed by atoms with van der Waals surface area (Å²) in [6.45, 7) is 0. The standard InChI is InChI=1S/C10H13N3O5S/c1-19-3-2-5(9(16)17)11-8(15)6-4-7(14)13-10(18)12-6/h4-5H,2-3H2,1H3,(H,11,15)(H,16,17)(H2,12,13,14,18)/t5-/m1/s1. The van der Waals surface area contributed by atoms with Crippen LogP contribution in [0.4, 0.5) is 0 Å². The van der Waals surface area contributed by atoms with E-state index in [1.54, 1.807) is 0 Å². The van der Waals surface area contributed by atoms with Crippen LogP contribution in [0.2, 0.25) is 0 Å². The van der Waals surface area contributed by atoms with Crippen LogP contribution in [-0.4, -0.2) is 45.0 Å². The molecule has 0 aliphatic carbocycles. The van der Waals surface area contributed by atoms with Gasteiger partial charge in [-0.05, 0) is 18.4 Å². The Bertz CT molecular complexity index is 551. The van der Waals surface area contributed by atoms with E-state index in [9.17, 15) is 19.2 Å². The van der Waals surface area contributed by atoms with Crippen molar-refractivity contribution in [2.75, 3.05) is 12.0 Å². The van der Waals surface area contributed by atoms with Gasteiger partial charge in [0.2, 0.25) is 0 Å². The summed E-state index contributed by atoms with van der Waals surface area (Å²) in [5.41, 5.74) is -1.83. The van der Waals surface area contributed by atoms with Gasteiger partial charge in [-0.1, -0.05) is 0 Å². The second-order valence-corrected chi connectivity index (χ2v) is 4.63. The average molecular weight is 287 g/mol. The smallest absolute Gasteiger partial charge is 0.326 e. The summed E-state index contributed by atoms with van der Waals surface area (Å²) in [5, 5.41) is 11.2. The largest absolute Gasteiger partial charge is 0.480 e. The van der Waals surface area contributed by atoms with Gasteiger partial charge in [-0.2, -0.15) is 11.8 Å². The number of aromatic amines is 2. The van der Waals surface area contributed by atoms with Crippen molar-refractivity contribution in [1.29, 1.82) is 0 Å². The lowest BCUT2D eigenvalue weighted by molar-refractivity contribution is -0.139. The van der Waals surface area contributed by atoms with Crippen LogP contribution in [0.25, 0.3) is 0 Å². The number of aliphatic carboxylic acids is 1. The Kier molecular flexibility index (Phi) is 5.37. The van der Waals surface area contributed by atoms with Gasteiger partial charge >= 0.3 is 11.7 Å². The van der Waals surface area contributed by atoms with Gasteiger partial charge in [-0.3, -0.25) is 14.6 Å². The van der Waals surface area contributed by atoms with Crippen LogP contribution in [-0.2, 0) is 4.79 Å². The van der Waals surface area contributed by atoms with E-state index in [2.05, 4.69) is 10.3 Å². The second kappa shape index (κ2) is 6.78. The van der Waals surface area contributed by atoms with Gasteiger partial charge < -0.3 is 15.4 Å². The Hall–Kier alpha value is -2.03. The van der Waals surface area contributed by atoms with Crippen LogP contribution in [0.15, 0.2) is 15.7 Å². The molecule has 0 aliphatic heterocycles. The minimum Gasteiger partial charge on any atom is -0.480 e. The molecule has 0 saturated heterocycles. The molecule has 0 aliphatic rings. The molecule has 0 bridgehead atoms. The molecule has 0 fully saturated rings. The molecule has 0 aromatic carbocycles. The maximum absolute atomic E-state index is 11.7. The first-order valence-electron chi connectivity index (χ1n) is 5.30. The Morgan fingerprint density at radius 1 is 1.42 bits per heavy atom. The number of amides is 1. The van der Waals surface area contributed by atoms with Crippen LogP contribution < -0.4 is 16.6 Å². The monoisotopic (exact) mass is 287 g/mol. The van der Waals surface area contributed by atoms with E-state index in [4.69, 9.17) is 5.11 Å². The first-order valence-corrected chi connectivity index (χ1v) is 6.69. The highest BCUT2D eigenvalue weighted by molar-refractivity contribution is 7.98. The molecular weight excluding hydrogens is 274 g/mol. The molecule has 0 spiro atoms. The van der Waals surface area contributed by atoms with Crippen molar-refractivity contribution >= 4 is 23.6 Å². The van der Waals surface area contributed by atoms with Crippen molar-refractivity contribution in [1.82, 2.24) is 15.3 Å². The topological polar surface area (TPSA) is 132 Å². The zero-order valence-corrected chi connectivity index (χ0v) is 10.9. The summed E-state index contributed by atoms with van der Waals surface area (Å²) < 4.78 is 0. The van der Waals surface area contributed by atoms with Gasteiger partial charge in [0, 0.05) is 6.07 Å². The molecule has 19 heavy (non-hydrogen) atoms. The number of carboxylic acids is 1. The Balaban J connectivity index is 2.84. The van der Waals surface area contributed by atoms with Crippen molar-refractivity contribution < 1.29 is 14.7 Å². The van der Waals surface area contributed by atoms with Crippen molar-refractivity contribution in [3.63, 3.8) is 0 Å². The zero-order chi connectivity index (χ0) is 14.4. The summed E-state index contributed by atoms with van der Waals surface area (Å²) >= 11 is 1.45. The molecule has 104 valence electrons. The van der Waals surface area contributed by atoms with Gasteiger partial charge in [0.25, 0.3) is 11.5 Å². The number of thioether (sulfide) groups is 1. The number of aromatic nitrogens is 2. The molecule has 1 atom stereocenters. The Morgan fingerprint density at radius 2 is 2.11 bits per heavy atom. The molecule has 0 saturated carbocycles. The molecule has 1 amide bonds. The fourth-order valence-corrected chi connectivity index (χ4v) is 1.79. The first-order chi connectivity index (χ1) is 8.93. The van der Waals surface area contributed by atoms with Crippen molar-refractivity contribution in [3.8, 4) is 0 Å². The van der Waals surface area contributed by atoms with E-state index < -0.39 is 29.2 Å². The highest BCUT2D eigenvalue weighted by Crippen LogP contribution is 2.02. The molecule has 4 N–H and O–H groups in total. The third kappa shape index (κ3) is 4.62. The molecule has 1 aromatic heterocycles. The summed E-state index contributed by atoms with van der Waals surface area (Å²) in [6.07, 6.45) is 2.06. The summed E-state index contributed by atoms with van der Waals surface area (Å²) in [6, 6.07) is -0.174. The van der Waals surface area contributed by atoms with Crippen LogP contribution in [0.5, 0.6) is 0 Å². The van der Waals surface area contributed by atoms with Gasteiger partial charge in [-0.15, -0.1) is 0 Å². The fraction of sp³-hybridized carbons (Fsp3) is 0.400. The molecular formula is C10H13N3O5S. The maximum atomic E-state index is 11.7. The quantitative estimate of drug-likeness (QED) is 0.530. The van der Waals surface area contributed by atoms with E-state index in [0.717, 1.165) is 6.07 Å². The third-order valence-electron chi connectivity index (χ3n) is 2.22. The first kappa shape index (κ1) is 15.0. The lowest BCUT2D eigenvalue weighted by atomic mass is 10.2. The number of nitrogens with one attached hydrogen (secondary N) is 3. The number of H-pyrrole nitrogens is 2.